The molecule has 0 amide bonds. The summed E-state index contributed by atoms with van der Waals surface area (Å²) in [5.41, 5.74) is 0. The first kappa shape index (κ1) is 6.62. The Labute approximate surface area is 62.6 Å². The van der Waals surface area contributed by atoms with Crippen molar-refractivity contribution in [2.24, 2.45) is 5.92 Å². The SMILES string of the molecule is CN[C@@H]1CC2CCN1CC2. The Bertz CT molecular complexity index is 116. The summed E-state index contributed by atoms with van der Waals surface area (Å²) in [6.45, 7) is 2.66. The van der Waals surface area contributed by atoms with Crippen molar-refractivity contribution in [3.8, 4) is 0 Å². The van der Waals surface area contributed by atoms with E-state index in [4.69, 9.17) is 0 Å². The predicted molar refractivity (Wildman–Crippen MR) is 41.8 cm³/mol. The lowest BCUT2D eigenvalue weighted by Gasteiger charge is -2.45. The quantitative estimate of drug-likeness (QED) is 0.575. The molecule has 0 aromatic rings. The van der Waals surface area contributed by atoms with Crippen LogP contribution in [0.4, 0.5) is 0 Å². The van der Waals surface area contributed by atoms with E-state index in [9.17, 15) is 0 Å². The van der Waals surface area contributed by atoms with E-state index in [-0.39, 0.29) is 0 Å². The number of hydrogen-bond donors (Lipinski definition) is 1. The fourth-order valence-corrected chi connectivity index (χ4v) is 2.27. The average Bonchev–Trinajstić information content (AvgIpc) is 2.06. The van der Waals surface area contributed by atoms with Crippen LogP contribution < -0.4 is 5.32 Å². The summed E-state index contributed by atoms with van der Waals surface area (Å²) in [4.78, 5) is 2.57. The second-order valence-corrected chi connectivity index (χ2v) is 3.52. The van der Waals surface area contributed by atoms with E-state index in [2.05, 4.69) is 17.3 Å². The minimum absolute atomic E-state index is 0.701. The van der Waals surface area contributed by atoms with E-state index in [1.165, 1.54) is 32.4 Å². The van der Waals surface area contributed by atoms with Crippen LogP contribution in [-0.4, -0.2) is 31.2 Å². The van der Waals surface area contributed by atoms with Gasteiger partial charge in [0.1, 0.15) is 0 Å². The molecule has 3 heterocycles. The molecular formula is C8H16N2. The molecule has 58 valence electrons. The van der Waals surface area contributed by atoms with Crippen molar-refractivity contribution in [1.82, 2.24) is 10.2 Å². The highest BCUT2D eigenvalue weighted by atomic mass is 15.3. The van der Waals surface area contributed by atoms with Gasteiger partial charge in [-0.2, -0.15) is 0 Å². The maximum absolute atomic E-state index is 3.36. The number of nitrogens with zero attached hydrogens (tertiary/aromatic N) is 1. The minimum Gasteiger partial charge on any atom is -0.305 e. The van der Waals surface area contributed by atoms with Crippen LogP contribution >= 0.6 is 0 Å². The summed E-state index contributed by atoms with van der Waals surface area (Å²) >= 11 is 0. The van der Waals surface area contributed by atoms with Crippen molar-refractivity contribution in [1.29, 1.82) is 0 Å². The van der Waals surface area contributed by atoms with E-state index in [0.717, 1.165) is 5.92 Å². The Balaban J connectivity index is 2.01. The topological polar surface area (TPSA) is 15.3 Å². The third kappa shape index (κ3) is 0.956. The maximum atomic E-state index is 3.36. The van der Waals surface area contributed by atoms with Crippen molar-refractivity contribution < 1.29 is 0 Å². The standard InChI is InChI=1S/C8H16N2/c1-9-8-6-7-2-4-10(8)5-3-7/h7-9H,2-6H2,1H3/t8-/m0/s1. The van der Waals surface area contributed by atoms with E-state index in [1.807, 2.05) is 0 Å². The molecule has 3 rings (SSSR count). The third-order valence-corrected chi connectivity index (χ3v) is 2.98. The Morgan fingerprint density at radius 3 is 2.30 bits per heavy atom. The Morgan fingerprint density at radius 1 is 1.30 bits per heavy atom. The molecule has 2 bridgehead atoms. The molecule has 2 nitrogen and oxygen atoms in total. The highest BCUT2D eigenvalue weighted by Gasteiger charge is 2.31. The molecule has 0 radical (unpaired) electrons. The minimum atomic E-state index is 0.701. The zero-order valence-electron chi connectivity index (χ0n) is 6.64. The van der Waals surface area contributed by atoms with E-state index in [0.29, 0.717) is 6.17 Å². The molecule has 2 heteroatoms. The van der Waals surface area contributed by atoms with Crippen LogP contribution in [0, 0.1) is 5.92 Å². The summed E-state index contributed by atoms with van der Waals surface area (Å²) in [7, 11) is 2.07. The van der Waals surface area contributed by atoms with Crippen LogP contribution in [-0.2, 0) is 0 Å². The fraction of sp³-hybridized carbons (Fsp3) is 1.00. The number of piperidine rings is 3. The molecule has 3 fully saturated rings. The van der Waals surface area contributed by atoms with Gasteiger partial charge in [0.2, 0.25) is 0 Å². The zero-order chi connectivity index (χ0) is 6.97. The molecule has 0 spiro atoms. The maximum Gasteiger partial charge on any atom is 0.0597 e. The van der Waals surface area contributed by atoms with Gasteiger partial charge in [0.15, 0.2) is 0 Å². The van der Waals surface area contributed by atoms with Gasteiger partial charge in [-0.3, -0.25) is 4.90 Å². The summed E-state index contributed by atoms with van der Waals surface area (Å²) in [5, 5.41) is 3.36. The van der Waals surface area contributed by atoms with Gasteiger partial charge < -0.3 is 5.32 Å². The number of rotatable bonds is 1. The molecule has 1 N–H and O–H groups in total. The first-order valence-corrected chi connectivity index (χ1v) is 4.31. The molecule has 0 aromatic heterocycles. The second kappa shape index (κ2) is 2.51. The highest BCUT2D eigenvalue weighted by molar-refractivity contribution is 4.85. The van der Waals surface area contributed by atoms with Gasteiger partial charge in [0.05, 0.1) is 6.17 Å². The fourth-order valence-electron chi connectivity index (χ4n) is 2.27. The Kier molecular flexibility index (Phi) is 1.66. The molecule has 1 atom stereocenters. The zero-order valence-corrected chi connectivity index (χ0v) is 6.64. The second-order valence-electron chi connectivity index (χ2n) is 3.52. The van der Waals surface area contributed by atoms with Crippen molar-refractivity contribution in [2.45, 2.75) is 25.4 Å². The first-order valence-electron chi connectivity index (χ1n) is 4.31. The van der Waals surface area contributed by atoms with Gasteiger partial charge in [0.25, 0.3) is 0 Å². The van der Waals surface area contributed by atoms with Crippen LogP contribution in [0.3, 0.4) is 0 Å². The van der Waals surface area contributed by atoms with E-state index >= 15 is 0 Å². The van der Waals surface area contributed by atoms with Crippen LogP contribution in [0.2, 0.25) is 0 Å². The number of nitrogens with one attached hydrogen (secondary N) is 1. The van der Waals surface area contributed by atoms with Crippen LogP contribution in [0.5, 0.6) is 0 Å². The lowest BCUT2D eigenvalue weighted by Crippen LogP contribution is -2.54. The summed E-state index contributed by atoms with van der Waals surface area (Å²) < 4.78 is 0. The van der Waals surface area contributed by atoms with Crippen LogP contribution in [0.15, 0.2) is 0 Å². The Hall–Kier alpha value is -0.0800. The Morgan fingerprint density at radius 2 is 2.00 bits per heavy atom. The van der Waals surface area contributed by atoms with Gasteiger partial charge in [-0.25, -0.2) is 0 Å². The van der Waals surface area contributed by atoms with Crippen molar-refractivity contribution in [2.75, 3.05) is 20.1 Å². The largest absolute Gasteiger partial charge is 0.305 e. The predicted octanol–water partition coefficient (Wildman–Crippen LogP) is 0.648. The van der Waals surface area contributed by atoms with Gasteiger partial charge in [0, 0.05) is 0 Å². The summed E-state index contributed by atoms with van der Waals surface area (Å²) in [6, 6.07) is 0. The molecule has 0 saturated carbocycles. The normalized spacial score (nSPS) is 45.9. The molecule has 3 aliphatic rings. The summed E-state index contributed by atoms with van der Waals surface area (Å²) in [6.07, 6.45) is 4.97. The van der Waals surface area contributed by atoms with Gasteiger partial charge in [-0.15, -0.1) is 0 Å². The first-order chi connectivity index (χ1) is 4.90. The van der Waals surface area contributed by atoms with Crippen LogP contribution in [0.1, 0.15) is 19.3 Å². The molecule has 0 unspecified atom stereocenters. The van der Waals surface area contributed by atoms with Gasteiger partial charge >= 0.3 is 0 Å². The van der Waals surface area contributed by atoms with Crippen LogP contribution in [0.25, 0.3) is 0 Å². The van der Waals surface area contributed by atoms with E-state index < -0.39 is 0 Å². The van der Waals surface area contributed by atoms with Crippen molar-refractivity contribution in [3.63, 3.8) is 0 Å². The van der Waals surface area contributed by atoms with Gasteiger partial charge in [-0.05, 0) is 45.3 Å². The monoisotopic (exact) mass is 140 g/mol. The molecule has 0 aromatic carbocycles. The molecule has 10 heavy (non-hydrogen) atoms. The lowest BCUT2D eigenvalue weighted by atomic mass is 9.86. The molecule has 3 aliphatic heterocycles. The highest BCUT2D eigenvalue weighted by Crippen LogP contribution is 2.30. The average molecular weight is 140 g/mol. The van der Waals surface area contributed by atoms with E-state index in [1.54, 1.807) is 0 Å². The third-order valence-electron chi connectivity index (χ3n) is 2.98. The van der Waals surface area contributed by atoms with Gasteiger partial charge in [-0.1, -0.05) is 0 Å². The summed E-state index contributed by atoms with van der Waals surface area (Å²) in [5.74, 6) is 1.03. The molecular weight excluding hydrogens is 124 g/mol. The number of fused-ring (bicyclic) bond motifs is 3. The molecule has 3 saturated heterocycles. The lowest BCUT2D eigenvalue weighted by molar-refractivity contribution is 0.0357. The van der Waals surface area contributed by atoms with Crippen molar-refractivity contribution >= 4 is 0 Å². The van der Waals surface area contributed by atoms with Crippen molar-refractivity contribution in [3.05, 3.63) is 0 Å². The number of hydrogen-bond acceptors (Lipinski definition) is 2. The molecule has 0 aliphatic carbocycles. The smallest absolute Gasteiger partial charge is 0.0597 e.